The zero-order valence-electron chi connectivity index (χ0n) is 41.2. The van der Waals surface area contributed by atoms with Crippen molar-refractivity contribution in [2.24, 2.45) is 29.4 Å². The molecule has 2 aliphatic rings. The number of hydrogen-bond donors (Lipinski definition) is 4. The van der Waals surface area contributed by atoms with Crippen molar-refractivity contribution in [2.75, 3.05) is 41.9 Å². The van der Waals surface area contributed by atoms with Crippen LogP contribution in [0.5, 0.6) is 0 Å². The number of methoxy groups -OCH3 is 2. The van der Waals surface area contributed by atoms with Gasteiger partial charge in [0.1, 0.15) is 12.1 Å². The number of carbonyl (C=O) groups is 5. The van der Waals surface area contributed by atoms with Gasteiger partial charge < -0.3 is 35.6 Å². The Kier molecular flexibility index (Phi) is 19.3. The summed E-state index contributed by atoms with van der Waals surface area (Å²) in [5.41, 5.74) is 7.34. The van der Waals surface area contributed by atoms with Crippen molar-refractivity contribution in [1.82, 2.24) is 30.1 Å². The number of amides is 5. The van der Waals surface area contributed by atoms with Crippen molar-refractivity contribution in [2.45, 2.75) is 146 Å². The Bertz CT molecular complexity index is 2060. The minimum absolute atomic E-state index is 0.00646. The lowest BCUT2D eigenvalue weighted by Crippen LogP contribution is -2.59. The molecule has 2 aromatic carbocycles. The molecule has 2 fully saturated rings. The summed E-state index contributed by atoms with van der Waals surface area (Å²) in [4.78, 5) is 75.4. The summed E-state index contributed by atoms with van der Waals surface area (Å²) in [5.74, 6) is -3.38. The molecule has 368 valence electrons. The first-order valence-corrected chi connectivity index (χ1v) is 24.9. The highest BCUT2D eigenvalue weighted by atomic mass is 32.2. The van der Waals surface area contributed by atoms with Crippen LogP contribution in [0.25, 0.3) is 0 Å². The van der Waals surface area contributed by atoms with Crippen LogP contribution >= 0.6 is 0 Å². The molecule has 1 unspecified atom stereocenters. The second-order valence-corrected chi connectivity index (χ2v) is 21.1. The van der Waals surface area contributed by atoms with Crippen LogP contribution in [0.2, 0.25) is 0 Å². The summed E-state index contributed by atoms with van der Waals surface area (Å²) >= 11 is 0. The van der Waals surface area contributed by atoms with Gasteiger partial charge in [0, 0.05) is 39.8 Å². The molecule has 0 aromatic heterocycles. The Labute approximate surface area is 393 Å². The average molecular weight is 940 g/mol. The Morgan fingerprint density at radius 1 is 0.848 bits per heavy atom. The first-order valence-electron chi connectivity index (χ1n) is 23.4. The predicted octanol–water partition coefficient (Wildman–Crippen LogP) is 3.81. The number of hydrogen-bond acceptors (Lipinski definition) is 11. The number of carbonyl (C=O) groups excluding carboxylic acids is 5. The molecule has 2 aromatic rings. The number of likely N-dealkylation sites (N-methyl/N-ethyl adjacent to an activating group) is 2. The van der Waals surface area contributed by atoms with Crippen LogP contribution in [0, 0.1) is 23.7 Å². The van der Waals surface area contributed by atoms with E-state index in [0.717, 1.165) is 18.4 Å². The lowest BCUT2D eigenvalue weighted by molar-refractivity contribution is -0.148. The molecule has 0 radical (unpaired) electrons. The van der Waals surface area contributed by atoms with E-state index in [4.69, 9.17) is 15.2 Å². The SMILES string of the molecule is CC[C@H](C)[C@@H]([C@@H](CC(=O)N1CCC[C@H]1[C@H](OC)[C@@H](C)C(=O)NC(Cc1ccccc1)C(=O)NS(=O)(=O)c1ccc(C2(N)CC2)cc1)OC)N(C)C(=O)[C@@H](NC(=O)[C@H](C(C)C)N(C)C)C(C)C. The highest BCUT2D eigenvalue weighted by molar-refractivity contribution is 7.90. The van der Waals surface area contributed by atoms with Crippen molar-refractivity contribution in [3.05, 3.63) is 65.7 Å². The minimum Gasteiger partial charge on any atom is -0.379 e. The third-order valence-electron chi connectivity index (χ3n) is 13.6. The number of benzene rings is 2. The van der Waals surface area contributed by atoms with E-state index >= 15 is 0 Å². The fourth-order valence-electron chi connectivity index (χ4n) is 9.43. The van der Waals surface area contributed by atoms with E-state index in [-0.39, 0.29) is 53.2 Å². The van der Waals surface area contributed by atoms with Crippen molar-refractivity contribution >= 4 is 39.6 Å². The zero-order valence-corrected chi connectivity index (χ0v) is 42.0. The minimum atomic E-state index is -4.31. The molecule has 5 N–H and O–H groups in total. The van der Waals surface area contributed by atoms with Crippen molar-refractivity contribution in [3.63, 3.8) is 0 Å². The van der Waals surface area contributed by atoms with Crippen molar-refractivity contribution in [1.29, 1.82) is 0 Å². The van der Waals surface area contributed by atoms with Gasteiger partial charge in [0.2, 0.25) is 23.6 Å². The molecule has 4 rings (SSSR count). The summed E-state index contributed by atoms with van der Waals surface area (Å²) in [6, 6.07) is 11.5. The fraction of sp³-hybridized carbons (Fsp3) is 0.653. The van der Waals surface area contributed by atoms with Gasteiger partial charge >= 0.3 is 0 Å². The summed E-state index contributed by atoms with van der Waals surface area (Å²) in [5, 5.41) is 5.83. The lowest BCUT2D eigenvalue weighted by Gasteiger charge is -2.41. The fourth-order valence-corrected chi connectivity index (χ4v) is 10.4. The quantitative estimate of drug-likeness (QED) is 0.119. The second-order valence-electron chi connectivity index (χ2n) is 19.4. The number of nitrogens with two attached hydrogens (primary N) is 1. The Balaban J connectivity index is 1.51. The zero-order chi connectivity index (χ0) is 49.3. The maximum Gasteiger partial charge on any atom is 0.264 e. The smallest absolute Gasteiger partial charge is 0.264 e. The monoisotopic (exact) mass is 940 g/mol. The number of rotatable bonds is 24. The van der Waals surface area contributed by atoms with E-state index in [9.17, 15) is 32.4 Å². The van der Waals surface area contributed by atoms with E-state index in [1.54, 1.807) is 60.2 Å². The van der Waals surface area contributed by atoms with Gasteiger partial charge in [-0.25, -0.2) is 13.1 Å². The Hall–Kier alpha value is -4.42. The number of likely N-dealkylation sites (tertiary alicyclic amines) is 1. The summed E-state index contributed by atoms with van der Waals surface area (Å²) in [6.45, 7) is 13.8. The molecule has 1 saturated carbocycles. The highest BCUT2D eigenvalue weighted by Crippen LogP contribution is 2.42. The molecule has 1 saturated heterocycles. The van der Waals surface area contributed by atoms with Crippen LogP contribution < -0.4 is 21.1 Å². The Morgan fingerprint density at radius 3 is 1.98 bits per heavy atom. The first-order chi connectivity index (χ1) is 31.0. The van der Waals surface area contributed by atoms with E-state index < -0.39 is 75.7 Å². The van der Waals surface area contributed by atoms with Crippen LogP contribution in [0.15, 0.2) is 59.5 Å². The normalized spacial score (nSPS) is 19.6. The van der Waals surface area contributed by atoms with Crippen molar-refractivity contribution in [3.8, 4) is 0 Å². The molecule has 0 bridgehead atoms. The van der Waals surface area contributed by atoms with Gasteiger partial charge in [-0.15, -0.1) is 0 Å². The molecule has 9 atom stereocenters. The number of sulfonamides is 1. The standard InChI is InChI=1S/C49H77N7O9S/c1-13-32(6)43(55(10)48(61)41(30(2)3)52-47(60)42(31(4)5)54(8)9)39(64-11)29-40(57)56-27-17-20-38(56)44(65-12)33(7)45(58)51-37(28-34-18-15-14-16-19-34)46(59)53-66(62,63)36-23-21-35(22-24-36)49(50)25-26-49/h14-16,18-19,21-24,30-33,37-39,41-44H,13,17,20,25-29,50H2,1-12H3,(H,51,58)(H,52,60)(H,53,59)/t32-,33+,37?,38-,39+,41-,42-,43-,44+/m0/s1. The van der Waals surface area contributed by atoms with Gasteiger partial charge in [0.05, 0.1) is 47.6 Å². The van der Waals surface area contributed by atoms with Crippen LogP contribution in [0.3, 0.4) is 0 Å². The van der Waals surface area contributed by atoms with Gasteiger partial charge in [-0.3, -0.25) is 28.9 Å². The molecule has 66 heavy (non-hydrogen) atoms. The topological polar surface area (TPSA) is 210 Å². The van der Waals surface area contributed by atoms with Crippen LogP contribution in [0.1, 0.15) is 98.1 Å². The van der Waals surface area contributed by atoms with E-state index in [0.29, 0.717) is 31.4 Å². The predicted molar refractivity (Wildman–Crippen MR) is 254 cm³/mol. The summed E-state index contributed by atoms with van der Waals surface area (Å²) < 4.78 is 41.1. The lowest BCUT2D eigenvalue weighted by atomic mass is 9.89. The highest BCUT2D eigenvalue weighted by Gasteiger charge is 2.44. The molecule has 1 heterocycles. The van der Waals surface area contributed by atoms with E-state index in [1.807, 2.05) is 66.6 Å². The molecule has 1 aliphatic carbocycles. The molecule has 17 heteroatoms. The summed E-state index contributed by atoms with van der Waals surface area (Å²) in [7, 11) is 4.06. The van der Waals surface area contributed by atoms with Gasteiger partial charge in [-0.1, -0.05) is 97.4 Å². The first kappa shape index (κ1) is 54.2. The van der Waals surface area contributed by atoms with Gasteiger partial charge in [0.25, 0.3) is 15.9 Å². The number of nitrogens with zero attached hydrogens (tertiary/aromatic N) is 3. The maximum absolute atomic E-state index is 14.4. The van der Waals surface area contributed by atoms with Gasteiger partial charge in [-0.05, 0) is 80.8 Å². The van der Waals surface area contributed by atoms with Gasteiger partial charge in [-0.2, -0.15) is 0 Å². The third kappa shape index (κ3) is 13.4. The number of ether oxygens (including phenoxy) is 2. The molecule has 0 spiro atoms. The largest absolute Gasteiger partial charge is 0.379 e. The van der Waals surface area contributed by atoms with Crippen LogP contribution in [0.4, 0.5) is 0 Å². The summed E-state index contributed by atoms with van der Waals surface area (Å²) in [6.07, 6.45) is 1.95. The van der Waals surface area contributed by atoms with Crippen LogP contribution in [-0.4, -0.2) is 137 Å². The van der Waals surface area contributed by atoms with E-state index in [1.165, 1.54) is 26.4 Å². The second kappa shape index (κ2) is 23.5. The van der Waals surface area contributed by atoms with E-state index in [2.05, 4.69) is 15.4 Å². The third-order valence-corrected chi connectivity index (χ3v) is 15.0. The van der Waals surface area contributed by atoms with Gasteiger partial charge in [0.15, 0.2) is 0 Å². The molecule has 5 amide bonds. The molecular weight excluding hydrogens is 863 g/mol. The molecular formula is C49H77N7O9S. The average Bonchev–Trinajstić information content (AvgIpc) is 3.84. The van der Waals surface area contributed by atoms with Crippen LogP contribution in [-0.2, 0) is 55.4 Å². The van der Waals surface area contributed by atoms with Crippen molar-refractivity contribution < 1.29 is 41.9 Å². The molecule has 1 aliphatic heterocycles. The maximum atomic E-state index is 14.4. The molecule has 16 nitrogen and oxygen atoms in total. The number of nitrogens with one attached hydrogen (secondary N) is 3. The Morgan fingerprint density at radius 2 is 1.47 bits per heavy atom.